The zero-order valence-electron chi connectivity index (χ0n) is 12.2. The van der Waals surface area contributed by atoms with E-state index in [0.717, 1.165) is 0 Å². The fourth-order valence-corrected chi connectivity index (χ4v) is 2.15. The molecule has 1 heterocycles. The van der Waals surface area contributed by atoms with E-state index in [9.17, 15) is 0 Å². The summed E-state index contributed by atoms with van der Waals surface area (Å²) >= 11 is 0. The third-order valence-corrected chi connectivity index (χ3v) is 3.03. The van der Waals surface area contributed by atoms with Gasteiger partial charge in [0.1, 0.15) is 0 Å². The van der Waals surface area contributed by atoms with Crippen LogP contribution in [0.15, 0.2) is 0 Å². The minimum atomic E-state index is 0.0717. The van der Waals surface area contributed by atoms with Gasteiger partial charge in [0, 0.05) is 0 Å². The topological polar surface area (TPSA) is 27.7 Å². The molecule has 1 aliphatic heterocycles. The minimum Gasteiger partial charge on any atom is -0.377 e. The molecule has 1 aliphatic rings. The molecule has 0 saturated carbocycles. The van der Waals surface area contributed by atoms with Crippen molar-refractivity contribution < 1.29 is 14.2 Å². The van der Waals surface area contributed by atoms with Crippen molar-refractivity contribution in [3.63, 3.8) is 0 Å². The summed E-state index contributed by atoms with van der Waals surface area (Å²) in [6, 6.07) is 0. The highest BCUT2D eigenvalue weighted by Crippen LogP contribution is 2.35. The van der Waals surface area contributed by atoms with Crippen LogP contribution in [0.25, 0.3) is 0 Å². The van der Waals surface area contributed by atoms with Crippen molar-refractivity contribution in [2.24, 2.45) is 10.8 Å². The Morgan fingerprint density at radius 3 is 1.29 bits per heavy atom. The largest absolute Gasteiger partial charge is 0.377 e. The van der Waals surface area contributed by atoms with Gasteiger partial charge in [-0.1, -0.05) is 41.5 Å². The first-order valence-electron chi connectivity index (χ1n) is 6.54. The summed E-state index contributed by atoms with van der Waals surface area (Å²) in [4.78, 5) is 0. The molecule has 0 aliphatic carbocycles. The second kappa shape index (κ2) is 5.68. The van der Waals surface area contributed by atoms with Crippen molar-refractivity contribution in [3.8, 4) is 0 Å². The summed E-state index contributed by atoms with van der Waals surface area (Å²) in [6.07, 6.45) is 0.202. The van der Waals surface area contributed by atoms with Gasteiger partial charge in [0.05, 0.1) is 38.6 Å². The standard InChI is InChI=1S/C14H28O3/c1-13(2,3)11-12(14(4,5)6)17-10-8-15-7-9-16-11/h11-12H,7-10H2,1-6H3. The molecule has 0 aromatic rings. The van der Waals surface area contributed by atoms with Gasteiger partial charge in [0.15, 0.2) is 0 Å². The van der Waals surface area contributed by atoms with Crippen molar-refractivity contribution in [1.82, 2.24) is 0 Å². The van der Waals surface area contributed by atoms with E-state index >= 15 is 0 Å². The van der Waals surface area contributed by atoms with Crippen LogP contribution in [0.3, 0.4) is 0 Å². The van der Waals surface area contributed by atoms with Gasteiger partial charge in [-0.05, 0) is 10.8 Å². The third kappa shape index (κ3) is 4.57. The van der Waals surface area contributed by atoms with Crippen LogP contribution >= 0.6 is 0 Å². The molecule has 2 unspecified atom stereocenters. The molecule has 1 rings (SSSR count). The molecule has 0 bridgehead atoms. The molecular formula is C14H28O3. The molecule has 2 atom stereocenters. The van der Waals surface area contributed by atoms with Crippen molar-refractivity contribution in [3.05, 3.63) is 0 Å². The normalized spacial score (nSPS) is 29.3. The van der Waals surface area contributed by atoms with Gasteiger partial charge in [-0.3, -0.25) is 0 Å². The SMILES string of the molecule is CC(C)(C)C1OCCOCCOC1C(C)(C)C. The monoisotopic (exact) mass is 244 g/mol. The number of hydrogen-bond acceptors (Lipinski definition) is 3. The van der Waals surface area contributed by atoms with Gasteiger partial charge in [0.2, 0.25) is 0 Å². The molecule has 0 N–H and O–H groups in total. The van der Waals surface area contributed by atoms with E-state index in [-0.39, 0.29) is 23.0 Å². The summed E-state index contributed by atoms with van der Waals surface area (Å²) in [5.41, 5.74) is 0.143. The molecule has 0 aromatic carbocycles. The molecule has 0 spiro atoms. The van der Waals surface area contributed by atoms with Crippen molar-refractivity contribution >= 4 is 0 Å². The second-order valence-corrected chi connectivity index (χ2v) is 6.93. The molecule has 102 valence electrons. The third-order valence-electron chi connectivity index (χ3n) is 3.03. The number of rotatable bonds is 0. The fraction of sp³-hybridized carbons (Fsp3) is 1.00. The first-order valence-corrected chi connectivity index (χ1v) is 6.54. The van der Waals surface area contributed by atoms with Crippen molar-refractivity contribution in [2.45, 2.75) is 53.8 Å². The van der Waals surface area contributed by atoms with Crippen molar-refractivity contribution in [1.29, 1.82) is 0 Å². The van der Waals surface area contributed by atoms with Crippen LogP contribution < -0.4 is 0 Å². The smallest absolute Gasteiger partial charge is 0.0891 e. The Morgan fingerprint density at radius 1 is 0.647 bits per heavy atom. The van der Waals surface area contributed by atoms with Gasteiger partial charge >= 0.3 is 0 Å². The number of hydrogen-bond donors (Lipinski definition) is 0. The molecule has 3 nitrogen and oxygen atoms in total. The maximum atomic E-state index is 6.02. The van der Waals surface area contributed by atoms with Gasteiger partial charge in [-0.25, -0.2) is 0 Å². The van der Waals surface area contributed by atoms with E-state index in [1.54, 1.807) is 0 Å². The lowest BCUT2D eigenvalue weighted by atomic mass is 9.76. The van der Waals surface area contributed by atoms with Crippen LogP contribution in [-0.2, 0) is 14.2 Å². The maximum Gasteiger partial charge on any atom is 0.0891 e. The molecule has 0 amide bonds. The molecule has 1 fully saturated rings. The highest BCUT2D eigenvalue weighted by Gasteiger charge is 2.40. The Hall–Kier alpha value is -0.120. The predicted molar refractivity (Wildman–Crippen MR) is 69.2 cm³/mol. The Morgan fingerprint density at radius 2 is 1.00 bits per heavy atom. The van der Waals surface area contributed by atoms with Crippen LogP contribution in [0.4, 0.5) is 0 Å². The molecule has 3 heteroatoms. The Labute approximate surface area is 106 Å². The lowest BCUT2D eigenvalue weighted by Crippen LogP contribution is -2.48. The minimum absolute atomic E-state index is 0.0717. The first kappa shape index (κ1) is 14.9. The summed E-state index contributed by atoms with van der Waals surface area (Å²) in [6.45, 7) is 15.9. The van der Waals surface area contributed by atoms with Crippen LogP contribution in [0.5, 0.6) is 0 Å². The highest BCUT2D eigenvalue weighted by molar-refractivity contribution is 4.89. The van der Waals surface area contributed by atoms with E-state index in [2.05, 4.69) is 41.5 Å². The summed E-state index contributed by atoms with van der Waals surface area (Å²) in [7, 11) is 0. The van der Waals surface area contributed by atoms with Gasteiger partial charge < -0.3 is 14.2 Å². The van der Waals surface area contributed by atoms with Gasteiger partial charge in [-0.15, -0.1) is 0 Å². The zero-order valence-corrected chi connectivity index (χ0v) is 12.2. The van der Waals surface area contributed by atoms with Gasteiger partial charge in [-0.2, -0.15) is 0 Å². The van der Waals surface area contributed by atoms with Gasteiger partial charge in [0.25, 0.3) is 0 Å². The predicted octanol–water partition coefficient (Wildman–Crippen LogP) is 2.88. The van der Waals surface area contributed by atoms with E-state index in [1.165, 1.54) is 0 Å². The summed E-state index contributed by atoms with van der Waals surface area (Å²) < 4.78 is 17.5. The van der Waals surface area contributed by atoms with E-state index in [0.29, 0.717) is 26.4 Å². The maximum absolute atomic E-state index is 6.02. The zero-order chi connectivity index (χ0) is 13.1. The van der Waals surface area contributed by atoms with E-state index < -0.39 is 0 Å². The first-order chi connectivity index (χ1) is 7.73. The Kier molecular flexibility index (Phi) is 4.99. The summed E-state index contributed by atoms with van der Waals surface area (Å²) in [5.74, 6) is 0. The average Bonchev–Trinajstić information content (AvgIpc) is 2.25. The fourth-order valence-electron chi connectivity index (χ4n) is 2.15. The quantitative estimate of drug-likeness (QED) is 0.656. The Bertz CT molecular complexity index is 201. The lowest BCUT2D eigenvalue weighted by Gasteiger charge is -2.42. The van der Waals surface area contributed by atoms with E-state index in [1.807, 2.05) is 0 Å². The lowest BCUT2D eigenvalue weighted by molar-refractivity contribution is -0.147. The molecular weight excluding hydrogens is 216 g/mol. The van der Waals surface area contributed by atoms with Crippen LogP contribution in [-0.4, -0.2) is 38.6 Å². The molecule has 17 heavy (non-hydrogen) atoms. The number of ether oxygens (including phenoxy) is 3. The van der Waals surface area contributed by atoms with Crippen LogP contribution in [0, 0.1) is 10.8 Å². The highest BCUT2D eigenvalue weighted by atomic mass is 16.6. The van der Waals surface area contributed by atoms with E-state index in [4.69, 9.17) is 14.2 Å². The average molecular weight is 244 g/mol. The second-order valence-electron chi connectivity index (χ2n) is 6.93. The summed E-state index contributed by atoms with van der Waals surface area (Å²) in [5, 5.41) is 0. The molecule has 1 saturated heterocycles. The Balaban J connectivity index is 2.88. The molecule has 0 aromatic heterocycles. The van der Waals surface area contributed by atoms with Crippen molar-refractivity contribution in [2.75, 3.05) is 26.4 Å². The van der Waals surface area contributed by atoms with Crippen LogP contribution in [0.1, 0.15) is 41.5 Å². The van der Waals surface area contributed by atoms with Crippen LogP contribution in [0.2, 0.25) is 0 Å². The molecule has 0 radical (unpaired) electrons.